The molecule has 1 atom stereocenters. The van der Waals surface area contributed by atoms with Crippen LogP contribution in [0.4, 0.5) is 0 Å². The summed E-state index contributed by atoms with van der Waals surface area (Å²) in [7, 11) is 4.13. The van der Waals surface area contributed by atoms with Gasteiger partial charge in [0.2, 0.25) is 0 Å². The van der Waals surface area contributed by atoms with E-state index in [4.69, 9.17) is 0 Å². The van der Waals surface area contributed by atoms with E-state index < -0.39 is 0 Å². The predicted molar refractivity (Wildman–Crippen MR) is 39.7 cm³/mol. The standard InChI is InChI=1S/C7H12N2/c1-9(2)7-4-3-5-8-6-7/h3,5-7H,4H2,1-2H3. The van der Waals surface area contributed by atoms with Crippen molar-refractivity contribution in [2.75, 3.05) is 14.1 Å². The van der Waals surface area contributed by atoms with Crippen molar-refractivity contribution in [1.82, 2.24) is 4.90 Å². The molecule has 0 aromatic carbocycles. The summed E-state index contributed by atoms with van der Waals surface area (Å²) in [5.41, 5.74) is 0. The molecule has 0 N–H and O–H groups in total. The monoisotopic (exact) mass is 124 g/mol. The quantitative estimate of drug-likeness (QED) is 0.507. The van der Waals surface area contributed by atoms with E-state index in [1.807, 2.05) is 12.4 Å². The van der Waals surface area contributed by atoms with Crippen LogP contribution in [0.25, 0.3) is 0 Å². The minimum absolute atomic E-state index is 0.509. The summed E-state index contributed by atoms with van der Waals surface area (Å²) in [4.78, 5) is 6.19. The van der Waals surface area contributed by atoms with Crippen LogP contribution in [0.15, 0.2) is 17.3 Å². The summed E-state index contributed by atoms with van der Waals surface area (Å²) in [5.74, 6) is 0. The summed E-state index contributed by atoms with van der Waals surface area (Å²) in [6.07, 6.45) is 7.00. The van der Waals surface area contributed by atoms with Crippen molar-refractivity contribution >= 4 is 6.21 Å². The Bertz CT molecular complexity index is 136. The van der Waals surface area contributed by atoms with Gasteiger partial charge >= 0.3 is 0 Å². The van der Waals surface area contributed by atoms with Gasteiger partial charge in [-0.3, -0.25) is 4.99 Å². The molecule has 0 amide bonds. The third-order valence-electron chi connectivity index (χ3n) is 1.49. The SMILES string of the molecule is CN(C)C1C=NC=CC1. The molecule has 0 aliphatic carbocycles. The second kappa shape index (κ2) is 2.78. The molecular formula is C7H12N2. The fourth-order valence-electron chi connectivity index (χ4n) is 0.815. The minimum Gasteiger partial charge on any atom is -0.301 e. The molecule has 0 spiro atoms. The molecule has 1 unspecified atom stereocenters. The van der Waals surface area contributed by atoms with Gasteiger partial charge in [0.25, 0.3) is 0 Å². The van der Waals surface area contributed by atoms with Crippen LogP contribution in [0.3, 0.4) is 0 Å². The predicted octanol–water partition coefficient (Wildman–Crippen LogP) is 0.905. The summed E-state index contributed by atoms with van der Waals surface area (Å²) in [5, 5.41) is 0. The molecule has 0 bridgehead atoms. The van der Waals surface area contributed by atoms with Crippen LogP contribution in [0, 0.1) is 0 Å². The molecule has 0 aromatic heterocycles. The summed E-state index contributed by atoms with van der Waals surface area (Å²) in [6.45, 7) is 0. The van der Waals surface area contributed by atoms with Gasteiger partial charge in [-0.15, -0.1) is 0 Å². The van der Waals surface area contributed by atoms with E-state index in [0.29, 0.717) is 6.04 Å². The van der Waals surface area contributed by atoms with Gasteiger partial charge in [-0.1, -0.05) is 6.08 Å². The third kappa shape index (κ3) is 1.64. The smallest absolute Gasteiger partial charge is 0.0480 e. The molecule has 0 fully saturated rings. The van der Waals surface area contributed by atoms with E-state index in [1.165, 1.54) is 0 Å². The van der Waals surface area contributed by atoms with Crippen LogP contribution in [0.5, 0.6) is 0 Å². The number of hydrogen-bond acceptors (Lipinski definition) is 2. The van der Waals surface area contributed by atoms with Crippen molar-refractivity contribution in [3.63, 3.8) is 0 Å². The maximum atomic E-state index is 4.03. The zero-order valence-corrected chi connectivity index (χ0v) is 5.91. The van der Waals surface area contributed by atoms with E-state index in [2.05, 4.69) is 30.1 Å². The van der Waals surface area contributed by atoms with E-state index >= 15 is 0 Å². The Morgan fingerprint density at radius 2 is 2.33 bits per heavy atom. The van der Waals surface area contributed by atoms with Crippen LogP contribution < -0.4 is 0 Å². The molecule has 2 heteroatoms. The second-order valence-corrected chi connectivity index (χ2v) is 2.45. The Kier molecular flexibility index (Phi) is 2.01. The average molecular weight is 124 g/mol. The van der Waals surface area contributed by atoms with Crippen LogP contribution in [-0.4, -0.2) is 31.3 Å². The molecule has 0 saturated heterocycles. The number of rotatable bonds is 1. The molecular weight excluding hydrogens is 112 g/mol. The first-order valence-corrected chi connectivity index (χ1v) is 3.15. The van der Waals surface area contributed by atoms with Crippen molar-refractivity contribution in [3.8, 4) is 0 Å². The summed E-state index contributed by atoms with van der Waals surface area (Å²) >= 11 is 0. The van der Waals surface area contributed by atoms with E-state index in [9.17, 15) is 0 Å². The molecule has 0 saturated carbocycles. The zero-order chi connectivity index (χ0) is 6.69. The maximum absolute atomic E-state index is 4.03. The third-order valence-corrected chi connectivity index (χ3v) is 1.49. The van der Waals surface area contributed by atoms with Gasteiger partial charge in [-0.25, -0.2) is 0 Å². The first kappa shape index (κ1) is 6.49. The Labute approximate surface area is 55.9 Å². The van der Waals surface area contributed by atoms with Crippen molar-refractivity contribution < 1.29 is 0 Å². The Morgan fingerprint density at radius 1 is 1.56 bits per heavy atom. The Morgan fingerprint density at radius 3 is 2.67 bits per heavy atom. The van der Waals surface area contributed by atoms with Gasteiger partial charge in [0, 0.05) is 18.5 Å². The topological polar surface area (TPSA) is 15.6 Å². The number of aliphatic imine (C=N–C) groups is 1. The first-order chi connectivity index (χ1) is 4.30. The van der Waals surface area contributed by atoms with Crippen LogP contribution in [0.1, 0.15) is 6.42 Å². The van der Waals surface area contributed by atoms with Gasteiger partial charge in [0.1, 0.15) is 0 Å². The lowest BCUT2D eigenvalue weighted by Gasteiger charge is -2.19. The fourth-order valence-corrected chi connectivity index (χ4v) is 0.815. The minimum atomic E-state index is 0.509. The molecule has 1 aliphatic heterocycles. The molecule has 1 heterocycles. The van der Waals surface area contributed by atoms with Crippen molar-refractivity contribution in [3.05, 3.63) is 12.3 Å². The summed E-state index contributed by atoms with van der Waals surface area (Å²) < 4.78 is 0. The van der Waals surface area contributed by atoms with Crippen LogP contribution in [0.2, 0.25) is 0 Å². The van der Waals surface area contributed by atoms with Crippen LogP contribution in [-0.2, 0) is 0 Å². The van der Waals surface area contributed by atoms with Gasteiger partial charge in [0.15, 0.2) is 0 Å². The van der Waals surface area contributed by atoms with Gasteiger partial charge in [-0.2, -0.15) is 0 Å². The van der Waals surface area contributed by atoms with E-state index in [1.54, 1.807) is 0 Å². The van der Waals surface area contributed by atoms with E-state index in [-0.39, 0.29) is 0 Å². The highest BCUT2D eigenvalue weighted by Crippen LogP contribution is 2.02. The second-order valence-electron chi connectivity index (χ2n) is 2.45. The molecule has 1 aliphatic rings. The Balaban J connectivity index is 2.46. The van der Waals surface area contributed by atoms with Gasteiger partial charge < -0.3 is 4.90 Å². The van der Waals surface area contributed by atoms with E-state index in [0.717, 1.165) is 6.42 Å². The molecule has 2 nitrogen and oxygen atoms in total. The molecule has 0 aromatic rings. The molecule has 0 radical (unpaired) electrons. The van der Waals surface area contributed by atoms with Crippen molar-refractivity contribution in [2.45, 2.75) is 12.5 Å². The lowest BCUT2D eigenvalue weighted by Crippen LogP contribution is -2.29. The average Bonchev–Trinajstić information content (AvgIpc) is 1.90. The zero-order valence-electron chi connectivity index (χ0n) is 5.91. The van der Waals surface area contributed by atoms with Crippen molar-refractivity contribution in [2.24, 2.45) is 4.99 Å². The van der Waals surface area contributed by atoms with Gasteiger partial charge in [0.05, 0.1) is 0 Å². The van der Waals surface area contributed by atoms with Crippen molar-refractivity contribution in [1.29, 1.82) is 0 Å². The maximum Gasteiger partial charge on any atom is 0.0480 e. The van der Waals surface area contributed by atoms with Gasteiger partial charge in [-0.05, 0) is 20.5 Å². The largest absolute Gasteiger partial charge is 0.301 e. The Hall–Kier alpha value is -0.630. The van der Waals surface area contributed by atoms with Crippen LogP contribution >= 0.6 is 0 Å². The molecule has 9 heavy (non-hydrogen) atoms. The number of nitrogens with zero attached hydrogens (tertiary/aromatic N) is 2. The highest BCUT2D eigenvalue weighted by atomic mass is 15.1. The highest BCUT2D eigenvalue weighted by molar-refractivity contribution is 5.66. The molecule has 50 valence electrons. The molecule has 1 rings (SSSR count). The summed E-state index contributed by atoms with van der Waals surface area (Å²) in [6, 6.07) is 0.509. The highest BCUT2D eigenvalue weighted by Gasteiger charge is 2.06. The fraction of sp³-hybridized carbons (Fsp3) is 0.571. The number of hydrogen-bond donors (Lipinski definition) is 0. The normalized spacial score (nSPS) is 25.4. The lowest BCUT2D eigenvalue weighted by atomic mass is 10.2. The lowest BCUT2D eigenvalue weighted by molar-refractivity contribution is 0.366. The first-order valence-electron chi connectivity index (χ1n) is 3.15.